The Labute approximate surface area is 146 Å². The number of halogens is 2. The Morgan fingerprint density at radius 1 is 1.36 bits per heavy atom. The van der Waals surface area contributed by atoms with Crippen LogP contribution in [0.25, 0.3) is 0 Å². The third kappa shape index (κ3) is 3.30. The lowest BCUT2D eigenvalue weighted by atomic mass is 9.73. The van der Waals surface area contributed by atoms with E-state index >= 15 is 0 Å². The van der Waals surface area contributed by atoms with Gasteiger partial charge in [-0.1, -0.05) is 0 Å². The zero-order valence-electron chi connectivity index (χ0n) is 14.6. The number of aryl methyl sites for hydroxylation is 1. The lowest BCUT2D eigenvalue weighted by molar-refractivity contribution is -0.142. The number of carbonyl (C=O) groups excluding carboxylic acids is 1. The van der Waals surface area contributed by atoms with Gasteiger partial charge in [0.1, 0.15) is 0 Å². The van der Waals surface area contributed by atoms with Crippen LogP contribution < -0.4 is 0 Å². The van der Waals surface area contributed by atoms with Crippen molar-refractivity contribution in [2.75, 3.05) is 19.7 Å². The van der Waals surface area contributed by atoms with Crippen molar-refractivity contribution in [3.63, 3.8) is 0 Å². The van der Waals surface area contributed by atoms with Crippen LogP contribution in [0.4, 0.5) is 8.78 Å². The van der Waals surface area contributed by atoms with Crippen LogP contribution in [0, 0.1) is 5.92 Å². The molecule has 5 nitrogen and oxygen atoms in total. The number of piperidine rings is 1. The molecule has 2 aliphatic heterocycles. The molecule has 1 aromatic rings. The summed E-state index contributed by atoms with van der Waals surface area (Å²) in [6.07, 6.45) is 4.96. The highest BCUT2D eigenvalue weighted by molar-refractivity contribution is 5.80. The van der Waals surface area contributed by atoms with E-state index in [1.807, 2.05) is 18.0 Å². The number of rotatable bonds is 3. The lowest BCUT2D eigenvalue weighted by Gasteiger charge is -2.39. The standard InChI is InChI=1S/C18H25F2N3O2/c1-2-23-11-13(10-21-23)15-9-18(19,20)4-3-14(15)16(24)22-7-5-17(6-8-22)12-25-17/h10-11,14-15H,2-9,12H2,1H3/t14-,15+/m0/s1. The Morgan fingerprint density at radius 2 is 2.08 bits per heavy atom. The van der Waals surface area contributed by atoms with Crippen molar-refractivity contribution in [3.05, 3.63) is 18.0 Å². The second kappa shape index (κ2) is 6.04. The smallest absolute Gasteiger partial charge is 0.248 e. The Balaban J connectivity index is 1.52. The maximum Gasteiger partial charge on any atom is 0.248 e. The highest BCUT2D eigenvalue weighted by Gasteiger charge is 2.50. The van der Waals surface area contributed by atoms with Gasteiger partial charge >= 0.3 is 0 Å². The van der Waals surface area contributed by atoms with E-state index in [1.165, 1.54) is 0 Å². The molecule has 1 spiro atoms. The molecule has 2 saturated heterocycles. The van der Waals surface area contributed by atoms with E-state index in [4.69, 9.17) is 4.74 Å². The fourth-order valence-electron chi connectivity index (χ4n) is 4.28. The summed E-state index contributed by atoms with van der Waals surface area (Å²) < 4.78 is 35.3. The number of carbonyl (C=O) groups is 1. The molecule has 2 atom stereocenters. The monoisotopic (exact) mass is 353 g/mol. The Morgan fingerprint density at radius 3 is 2.68 bits per heavy atom. The minimum absolute atomic E-state index is 0.0119. The van der Waals surface area contributed by atoms with Crippen molar-refractivity contribution < 1.29 is 18.3 Å². The minimum atomic E-state index is -2.70. The van der Waals surface area contributed by atoms with Gasteiger partial charge in [-0.25, -0.2) is 8.78 Å². The molecule has 0 radical (unpaired) electrons. The normalized spacial score (nSPS) is 30.4. The van der Waals surface area contributed by atoms with Gasteiger partial charge in [0.05, 0.1) is 18.4 Å². The highest BCUT2D eigenvalue weighted by atomic mass is 19.3. The van der Waals surface area contributed by atoms with Crippen molar-refractivity contribution in [1.82, 2.24) is 14.7 Å². The third-order valence-electron chi connectivity index (χ3n) is 6.09. The first-order valence-corrected chi connectivity index (χ1v) is 9.24. The molecule has 0 N–H and O–H groups in total. The van der Waals surface area contributed by atoms with Gasteiger partial charge in [-0.3, -0.25) is 9.48 Å². The molecule has 0 bridgehead atoms. The molecule has 3 fully saturated rings. The zero-order valence-corrected chi connectivity index (χ0v) is 14.6. The number of hydrogen-bond acceptors (Lipinski definition) is 3. The van der Waals surface area contributed by atoms with Crippen molar-refractivity contribution in [2.45, 2.75) is 63.0 Å². The van der Waals surface area contributed by atoms with E-state index in [-0.39, 0.29) is 36.7 Å². The second-order valence-electron chi connectivity index (χ2n) is 7.74. The number of hydrogen-bond donors (Lipinski definition) is 0. The lowest BCUT2D eigenvalue weighted by Crippen LogP contribution is -2.47. The molecule has 25 heavy (non-hydrogen) atoms. The highest BCUT2D eigenvalue weighted by Crippen LogP contribution is 2.46. The first-order chi connectivity index (χ1) is 11.9. The minimum Gasteiger partial charge on any atom is -0.369 e. The number of amides is 1. The predicted molar refractivity (Wildman–Crippen MR) is 87.4 cm³/mol. The van der Waals surface area contributed by atoms with Crippen LogP contribution in [0.5, 0.6) is 0 Å². The molecule has 138 valence electrons. The SMILES string of the molecule is CCn1cc([C@H]2CC(F)(F)CC[C@@H]2C(=O)N2CCC3(CC2)CO3)cn1. The van der Waals surface area contributed by atoms with Crippen LogP contribution >= 0.6 is 0 Å². The summed E-state index contributed by atoms with van der Waals surface area (Å²) in [6, 6.07) is 0. The molecule has 1 aliphatic carbocycles. The van der Waals surface area contributed by atoms with Crippen LogP contribution in [0.1, 0.15) is 50.5 Å². The van der Waals surface area contributed by atoms with Crippen LogP contribution in [0.15, 0.2) is 12.4 Å². The summed E-state index contributed by atoms with van der Waals surface area (Å²) in [4.78, 5) is 14.9. The molecule has 3 heterocycles. The number of nitrogens with zero attached hydrogens (tertiary/aromatic N) is 3. The number of epoxide rings is 1. The topological polar surface area (TPSA) is 50.7 Å². The van der Waals surface area contributed by atoms with E-state index in [0.717, 1.165) is 25.0 Å². The van der Waals surface area contributed by atoms with Crippen LogP contribution in [0.2, 0.25) is 0 Å². The molecule has 0 aromatic carbocycles. The largest absolute Gasteiger partial charge is 0.369 e. The molecule has 1 aromatic heterocycles. The van der Waals surface area contributed by atoms with Gasteiger partial charge in [-0.2, -0.15) is 5.10 Å². The molecule has 4 rings (SSSR count). The first kappa shape index (κ1) is 16.9. The number of ether oxygens (including phenoxy) is 1. The first-order valence-electron chi connectivity index (χ1n) is 9.24. The van der Waals surface area contributed by atoms with Crippen molar-refractivity contribution in [3.8, 4) is 0 Å². The fraction of sp³-hybridized carbons (Fsp3) is 0.778. The Bertz CT molecular complexity index is 647. The molecule has 0 unspecified atom stereocenters. The number of aromatic nitrogens is 2. The Hall–Kier alpha value is -1.50. The van der Waals surface area contributed by atoms with Gasteiger partial charge in [0.15, 0.2) is 0 Å². The summed E-state index contributed by atoms with van der Waals surface area (Å²) in [7, 11) is 0. The maximum absolute atomic E-state index is 14.0. The third-order valence-corrected chi connectivity index (χ3v) is 6.09. The fourth-order valence-corrected chi connectivity index (χ4v) is 4.28. The van der Waals surface area contributed by atoms with Crippen LogP contribution in [-0.2, 0) is 16.1 Å². The van der Waals surface area contributed by atoms with Gasteiger partial charge in [0.25, 0.3) is 0 Å². The van der Waals surface area contributed by atoms with E-state index < -0.39 is 11.8 Å². The molecule has 1 saturated carbocycles. The molecule has 1 amide bonds. The summed E-state index contributed by atoms with van der Waals surface area (Å²) in [6.45, 7) is 4.79. The van der Waals surface area contributed by atoms with Gasteiger partial charge in [-0.15, -0.1) is 0 Å². The van der Waals surface area contributed by atoms with Crippen molar-refractivity contribution in [1.29, 1.82) is 0 Å². The quantitative estimate of drug-likeness (QED) is 0.785. The summed E-state index contributed by atoms with van der Waals surface area (Å²) in [5.41, 5.74) is 0.775. The number of likely N-dealkylation sites (tertiary alicyclic amines) is 1. The van der Waals surface area contributed by atoms with Gasteiger partial charge in [0, 0.05) is 50.5 Å². The van der Waals surface area contributed by atoms with Crippen LogP contribution in [0.3, 0.4) is 0 Å². The average molecular weight is 353 g/mol. The van der Waals surface area contributed by atoms with Crippen molar-refractivity contribution in [2.24, 2.45) is 5.92 Å². The van der Waals surface area contributed by atoms with Crippen LogP contribution in [-0.4, -0.2) is 51.8 Å². The summed E-state index contributed by atoms with van der Waals surface area (Å²) >= 11 is 0. The van der Waals surface area contributed by atoms with E-state index in [1.54, 1.807) is 10.9 Å². The van der Waals surface area contributed by atoms with Crippen molar-refractivity contribution >= 4 is 5.91 Å². The van der Waals surface area contributed by atoms with Gasteiger partial charge in [-0.05, 0) is 31.7 Å². The summed E-state index contributed by atoms with van der Waals surface area (Å²) in [5.74, 6) is -3.50. The number of alkyl halides is 2. The van der Waals surface area contributed by atoms with E-state index in [9.17, 15) is 13.6 Å². The molecule has 3 aliphatic rings. The molecular formula is C18H25F2N3O2. The Kier molecular flexibility index (Phi) is 4.09. The van der Waals surface area contributed by atoms with Gasteiger partial charge < -0.3 is 9.64 Å². The van der Waals surface area contributed by atoms with E-state index in [2.05, 4.69) is 5.10 Å². The summed E-state index contributed by atoms with van der Waals surface area (Å²) in [5, 5.41) is 4.22. The predicted octanol–water partition coefficient (Wildman–Crippen LogP) is 2.81. The second-order valence-corrected chi connectivity index (χ2v) is 7.74. The molecule has 7 heteroatoms. The van der Waals surface area contributed by atoms with Gasteiger partial charge in [0.2, 0.25) is 11.8 Å². The van der Waals surface area contributed by atoms with E-state index in [0.29, 0.717) is 19.6 Å². The maximum atomic E-state index is 14.0. The molecular weight excluding hydrogens is 328 g/mol. The average Bonchev–Trinajstić information content (AvgIpc) is 3.17. The zero-order chi connectivity index (χ0) is 17.7.